The van der Waals surface area contributed by atoms with Crippen LogP contribution < -0.4 is 10.5 Å². The van der Waals surface area contributed by atoms with E-state index in [0.29, 0.717) is 12.5 Å². The Morgan fingerprint density at radius 2 is 1.93 bits per heavy atom. The minimum absolute atomic E-state index is 0.125. The number of rotatable bonds is 6. The van der Waals surface area contributed by atoms with Gasteiger partial charge in [-0.3, -0.25) is 5.10 Å². The van der Waals surface area contributed by atoms with Crippen LogP contribution in [0.1, 0.15) is 11.3 Å². The largest absolute Gasteiger partial charge is 0.476 e. The number of aromatic amines is 2. The fourth-order valence-electron chi connectivity index (χ4n) is 3.79. The smallest absolute Gasteiger partial charge is 0.213 e. The van der Waals surface area contributed by atoms with E-state index >= 15 is 0 Å². The monoisotopic (exact) mass is 397 g/mol. The number of nitrogens with zero attached hydrogens (tertiary/aromatic N) is 2. The molecule has 6 heteroatoms. The highest BCUT2D eigenvalue weighted by atomic mass is 16.5. The van der Waals surface area contributed by atoms with Crippen molar-refractivity contribution in [1.29, 1.82) is 0 Å². The molecule has 1 atom stereocenters. The average Bonchev–Trinajstić information content (AvgIpc) is 3.36. The number of pyridine rings is 1. The van der Waals surface area contributed by atoms with Gasteiger partial charge in [-0.1, -0.05) is 30.3 Å². The maximum absolute atomic E-state index is 6.34. The Balaban J connectivity index is 1.29. The Labute approximate surface area is 174 Å². The van der Waals surface area contributed by atoms with E-state index in [1.165, 1.54) is 10.9 Å². The summed E-state index contributed by atoms with van der Waals surface area (Å²) < 4.78 is 5.92. The van der Waals surface area contributed by atoms with Gasteiger partial charge in [-0.05, 0) is 43.2 Å². The van der Waals surface area contributed by atoms with Gasteiger partial charge in [0.2, 0.25) is 5.88 Å². The Bertz CT molecular complexity index is 1320. The quantitative estimate of drug-likeness (QED) is 0.397. The van der Waals surface area contributed by atoms with E-state index in [1.54, 1.807) is 0 Å². The molecule has 0 fully saturated rings. The SMILES string of the molecule is Cc1[nH]nc2ccc(-c3cccc(OC[C@@H](N)Cc4c[nH]c5ccccc45)n3)cc12. The van der Waals surface area contributed by atoms with Crippen LogP contribution in [-0.4, -0.2) is 32.8 Å². The van der Waals surface area contributed by atoms with Crippen molar-refractivity contribution in [3.8, 4) is 17.1 Å². The highest BCUT2D eigenvalue weighted by Gasteiger charge is 2.11. The lowest BCUT2D eigenvalue weighted by molar-refractivity contribution is 0.278. The van der Waals surface area contributed by atoms with E-state index in [-0.39, 0.29) is 6.04 Å². The van der Waals surface area contributed by atoms with E-state index < -0.39 is 0 Å². The minimum atomic E-state index is -0.125. The molecule has 4 N–H and O–H groups in total. The molecule has 150 valence electrons. The summed E-state index contributed by atoms with van der Waals surface area (Å²) in [4.78, 5) is 7.96. The molecule has 2 aromatic carbocycles. The number of fused-ring (bicyclic) bond motifs is 2. The Morgan fingerprint density at radius 3 is 2.87 bits per heavy atom. The summed E-state index contributed by atoms with van der Waals surface area (Å²) in [7, 11) is 0. The molecule has 5 aromatic rings. The normalized spacial score (nSPS) is 12.5. The molecule has 0 radical (unpaired) electrons. The van der Waals surface area contributed by atoms with Gasteiger partial charge < -0.3 is 15.5 Å². The van der Waals surface area contributed by atoms with E-state index in [1.807, 2.05) is 55.6 Å². The van der Waals surface area contributed by atoms with Crippen LogP contribution in [0, 0.1) is 6.92 Å². The topological polar surface area (TPSA) is 92.6 Å². The number of ether oxygens (including phenoxy) is 1. The Hall–Kier alpha value is -3.64. The summed E-state index contributed by atoms with van der Waals surface area (Å²) in [5, 5.41) is 9.60. The highest BCUT2D eigenvalue weighted by molar-refractivity contribution is 5.86. The summed E-state index contributed by atoms with van der Waals surface area (Å²) in [5.41, 5.74) is 12.6. The lowest BCUT2D eigenvalue weighted by atomic mass is 10.1. The molecule has 0 spiro atoms. The molecule has 0 bridgehead atoms. The zero-order chi connectivity index (χ0) is 20.5. The van der Waals surface area contributed by atoms with Gasteiger partial charge in [0.05, 0.1) is 11.2 Å². The van der Waals surface area contributed by atoms with Crippen LogP contribution in [0.3, 0.4) is 0 Å². The second-order valence-corrected chi connectivity index (χ2v) is 7.58. The number of aromatic nitrogens is 4. The second kappa shape index (κ2) is 7.65. The molecule has 0 amide bonds. The summed E-state index contributed by atoms with van der Waals surface area (Å²) >= 11 is 0. The van der Waals surface area contributed by atoms with Crippen LogP contribution in [0.15, 0.2) is 66.9 Å². The predicted molar refractivity (Wildman–Crippen MR) is 120 cm³/mol. The summed E-state index contributed by atoms with van der Waals surface area (Å²) in [6.07, 6.45) is 2.76. The molecular weight excluding hydrogens is 374 g/mol. The lowest BCUT2D eigenvalue weighted by Gasteiger charge is -2.13. The molecular formula is C24H23N5O. The van der Waals surface area contributed by atoms with Crippen LogP contribution in [0.2, 0.25) is 0 Å². The molecule has 0 aliphatic rings. The number of nitrogens with two attached hydrogens (primary N) is 1. The Morgan fingerprint density at radius 1 is 1.03 bits per heavy atom. The van der Waals surface area contributed by atoms with Crippen molar-refractivity contribution in [1.82, 2.24) is 20.2 Å². The van der Waals surface area contributed by atoms with E-state index in [2.05, 4.69) is 38.4 Å². The molecule has 5 rings (SSSR count). The first-order chi connectivity index (χ1) is 14.7. The van der Waals surface area contributed by atoms with Crippen molar-refractivity contribution in [2.75, 3.05) is 6.61 Å². The average molecular weight is 397 g/mol. The molecule has 0 saturated heterocycles. The number of hydrogen-bond acceptors (Lipinski definition) is 4. The van der Waals surface area contributed by atoms with Crippen molar-refractivity contribution in [3.63, 3.8) is 0 Å². The third-order valence-corrected chi connectivity index (χ3v) is 5.37. The van der Waals surface area contributed by atoms with Gasteiger partial charge in [-0.2, -0.15) is 5.10 Å². The first-order valence-electron chi connectivity index (χ1n) is 10.0. The molecule has 3 heterocycles. The fourth-order valence-corrected chi connectivity index (χ4v) is 3.79. The third-order valence-electron chi connectivity index (χ3n) is 5.37. The number of hydrogen-bond donors (Lipinski definition) is 3. The molecule has 3 aromatic heterocycles. The molecule has 0 aliphatic heterocycles. The van der Waals surface area contributed by atoms with Crippen LogP contribution in [0.5, 0.6) is 5.88 Å². The van der Waals surface area contributed by atoms with Gasteiger partial charge in [-0.15, -0.1) is 0 Å². The number of benzene rings is 2. The van der Waals surface area contributed by atoms with Gasteiger partial charge in [0, 0.05) is 45.9 Å². The van der Waals surface area contributed by atoms with Gasteiger partial charge in [0.15, 0.2) is 0 Å². The van der Waals surface area contributed by atoms with Crippen molar-refractivity contribution in [3.05, 3.63) is 78.1 Å². The van der Waals surface area contributed by atoms with Crippen molar-refractivity contribution in [2.24, 2.45) is 5.73 Å². The maximum Gasteiger partial charge on any atom is 0.213 e. The Kier molecular flexibility index (Phi) is 4.69. The van der Waals surface area contributed by atoms with Crippen LogP contribution in [-0.2, 0) is 6.42 Å². The van der Waals surface area contributed by atoms with Gasteiger partial charge >= 0.3 is 0 Å². The third kappa shape index (κ3) is 3.53. The number of nitrogens with one attached hydrogen (secondary N) is 2. The van der Waals surface area contributed by atoms with Gasteiger partial charge in [0.25, 0.3) is 0 Å². The number of aryl methyl sites for hydroxylation is 1. The maximum atomic E-state index is 6.34. The van der Waals surface area contributed by atoms with Crippen LogP contribution in [0.4, 0.5) is 0 Å². The van der Waals surface area contributed by atoms with Crippen molar-refractivity contribution < 1.29 is 4.74 Å². The van der Waals surface area contributed by atoms with E-state index in [4.69, 9.17) is 10.5 Å². The van der Waals surface area contributed by atoms with E-state index in [0.717, 1.165) is 39.8 Å². The second-order valence-electron chi connectivity index (χ2n) is 7.58. The van der Waals surface area contributed by atoms with Crippen molar-refractivity contribution in [2.45, 2.75) is 19.4 Å². The first-order valence-corrected chi connectivity index (χ1v) is 10.0. The molecule has 6 nitrogen and oxygen atoms in total. The predicted octanol–water partition coefficient (Wildman–Crippen LogP) is 4.36. The first kappa shape index (κ1) is 18.4. The highest BCUT2D eigenvalue weighted by Crippen LogP contribution is 2.25. The molecule has 0 aliphatic carbocycles. The zero-order valence-electron chi connectivity index (χ0n) is 16.7. The van der Waals surface area contributed by atoms with E-state index in [9.17, 15) is 0 Å². The standard InChI is InChI=1S/C24H23N5O/c1-15-20-12-16(9-10-23(20)29-28-15)21-7-4-8-24(27-21)30-14-18(25)11-17-13-26-22-6-3-2-5-19(17)22/h2-10,12-13,18,26H,11,14,25H2,1H3,(H,28,29)/t18-/m0/s1. The van der Waals surface area contributed by atoms with Crippen LogP contribution >= 0.6 is 0 Å². The summed E-state index contributed by atoms with van der Waals surface area (Å²) in [5.74, 6) is 0.575. The molecule has 0 unspecified atom stereocenters. The van der Waals surface area contributed by atoms with Gasteiger partial charge in [-0.25, -0.2) is 4.98 Å². The van der Waals surface area contributed by atoms with Crippen molar-refractivity contribution >= 4 is 21.8 Å². The molecule has 0 saturated carbocycles. The zero-order valence-corrected chi connectivity index (χ0v) is 16.7. The summed E-state index contributed by atoms with van der Waals surface area (Å²) in [6, 6.07) is 20.0. The number of H-pyrrole nitrogens is 2. The number of para-hydroxylation sites is 1. The van der Waals surface area contributed by atoms with Crippen LogP contribution in [0.25, 0.3) is 33.1 Å². The fraction of sp³-hybridized carbons (Fsp3) is 0.167. The lowest BCUT2D eigenvalue weighted by Crippen LogP contribution is -2.30. The molecule has 30 heavy (non-hydrogen) atoms. The summed E-state index contributed by atoms with van der Waals surface area (Å²) in [6.45, 7) is 2.41. The van der Waals surface area contributed by atoms with Gasteiger partial charge in [0.1, 0.15) is 6.61 Å². The minimum Gasteiger partial charge on any atom is -0.476 e.